The first-order chi connectivity index (χ1) is 8.15. The van der Waals surface area contributed by atoms with Crippen molar-refractivity contribution >= 4 is 0 Å². The van der Waals surface area contributed by atoms with Gasteiger partial charge in [0.1, 0.15) is 5.82 Å². The minimum Gasteiger partial charge on any atom is -0.335 e. The van der Waals surface area contributed by atoms with E-state index in [-0.39, 0.29) is 0 Å². The number of benzene rings is 1. The first-order valence-corrected chi connectivity index (χ1v) is 6.22. The third-order valence-corrected chi connectivity index (χ3v) is 3.59. The second-order valence-corrected chi connectivity index (χ2v) is 4.58. The monoisotopic (exact) mass is 228 g/mol. The summed E-state index contributed by atoms with van der Waals surface area (Å²) in [5, 5.41) is 0. The minimum atomic E-state index is 0.352. The van der Waals surface area contributed by atoms with Crippen LogP contribution in [-0.2, 0) is 6.54 Å². The Morgan fingerprint density at radius 1 is 1.29 bits per heavy atom. The van der Waals surface area contributed by atoms with Crippen LogP contribution < -0.4 is 0 Å². The molecule has 90 valence electrons. The quantitative estimate of drug-likeness (QED) is 0.783. The predicted molar refractivity (Wildman–Crippen MR) is 71.3 cm³/mol. The van der Waals surface area contributed by atoms with E-state index in [1.54, 1.807) is 0 Å². The van der Waals surface area contributed by atoms with E-state index in [1.807, 2.05) is 6.20 Å². The van der Waals surface area contributed by atoms with Crippen molar-refractivity contribution < 1.29 is 0 Å². The maximum absolute atomic E-state index is 4.50. The van der Waals surface area contributed by atoms with Gasteiger partial charge in [0.2, 0.25) is 0 Å². The molecule has 0 saturated heterocycles. The standard InChI is InChI=1S/C15H20N2/c1-5-17-10-9-16-15(17)13(4)14-8-6-7-11(2)12(14)3/h6-10,13H,5H2,1-4H3/t13-/m0/s1. The molecule has 1 atom stereocenters. The Bertz CT molecular complexity index is 511. The molecule has 0 N–H and O–H groups in total. The normalized spacial score (nSPS) is 12.7. The van der Waals surface area contributed by atoms with Crippen molar-refractivity contribution in [3.05, 3.63) is 53.1 Å². The summed E-state index contributed by atoms with van der Waals surface area (Å²) >= 11 is 0. The number of nitrogens with zero attached hydrogens (tertiary/aromatic N) is 2. The molecule has 1 heterocycles. The molecule has 2 aromatic rings. The lowest BCUT2D eigenvalue weighted by atomic mass is 9.93. The molecular weight excluding hydrogens is 208 g/mol. The van der Waals surface area contributed by atoms with Crippen molar-refractivity contribution in [1.29, 1.82) is 0 Å². The van der Waals surface area contributed by atoms with Crippen LogP contribution in [0.2, 0.25) is 0 Å². The zero-order valence-electron chi connectivity index (χ0n) is 11.1. The Kier molecular flexibility index (Phi) is 3.32. The van der Waals surface area contributed by atoms with Gasteiger partial charge < -0.3 is 4.57 Å². The first-order valence-electron chi connectivity index (χ1n) is 6.22. The van der Waals surface area contributed by atoms with Gasteiger partial charge in [-0.2, -0.15) is 0 Å². The van der Waals surface area contributed by atoms with Crippen LogP contribution in [0.3, 0.4) is 0 Å². The predicted octanol–water partition coefficient (Wildman–Crippen LogP) is 3.67. The number of imidazole rings is 1. The fourth-order valence-corrected chi connectivity index (χ4v) is 2.35. The van der Waals surface area contributed by atoms with Crippen LogP contribution in [0.5, 0.6) is 0 Å². The largest absolute Gasteiger partial charge is 0.335 e. The Hall–Kier alpha value is -1.57. The molecule has 1 aromatic heterocycles. The van der Waals surface area contributed by atoms with E-state index in [9.17, 15) is 0 Å². The molecule has 0 radical (unpaired) electrons. The topological polar surface area (TPSA) is 17.8 Å². The third kappa shape index (κ3) is 2.12. The smallest absolute Gasteiger partial charge is 0.115 e. The molecule has 1 aromatic carbocycles. The maximum atomic E-state index is 4.50. The van der Waals surface area contributed by atoms with Crippen LogP contribution in [0.25, 0.3) is 0 Å². The summed E-state index contributed by atoms with van der Waals surface area (Å²) in [5.41, 5.74) is 4.11. The highest BCUT2D eigenvalue weighted by Gasteiger charge is 2.15. The Morgan fingerprint density at radius 3 is 2.76 bits per heavy atom. The molecule has 0 bridgehead atoms. The van der Waals surface area contributed by atoms with Gasteiger partial charge in [0, 0.05) is 24.9 Å². The van der Waals surface area contributed by atoms with Crippen LogP contribution in [0, 0.1) is 13.8 Å². The van der Waals surface area contributed by atoms with Gasteiger partial charge in [-0.1, -0.05) is 25.1 Å². The van der Waals surface area contributed by atoms with Gasteiger partial charge in [-0.25, -0.2) is 4.98 Å². The van der Waals surface area contributed by atoms with Crippen molar-refractivity contribution in [2.24, 2.45) is 0 Å². The maximum Gasteiger partial charge on any atom is 0.115 e. The average molecular weight is 228 g/mol. The second-order valence-electron chi connectivity index (χ2n) is 4.58. The number of hydrogen-bond donors (Lipinski definition) is 0. The summed E-state index contributed by atoms with van der Waals surface area (Å²) in [6.45, 7) is 9.72. The molecule has 17 heavy (non-hydrogen) atoms. The fraction of sp³-hybridized carbons (Fsp3) is 0.400. The number of aromatic nitrogens is 2. The van der Waals surface area contributed by atoms with Crippen LogP contribution in [0.15, 0.2) is 30.6 Å². The molecule has 0 amide bonds. The summed E-state index contributed by atoms with van der Waals surface area (Å²) in [6, 6.07) is 6.51. The molecular formula is C15H20N2. The minimum absolute atomic E-state index is 0.352. The summed E-state index contributed by atoms with van der Waals surface area (Å²) in [4.78, 5) is 4.50. The van der Waals surface area contributed by atoms with E-state index in [0.717, 1.165) is 12.4 Å². The number of aryl methyl sites for hydroxylation is 2. The number of rotatable bonds is 3. The van der Waals surface area contributed by atoms with Crippen LogP contribution in [0.4, 0.5) is 0 Å². The highest BCUT2D eigenvalue weighted by atomic mass is 15.1. The fourth-order valence-electron chi connectivity index (χ4n) is 2.35. The highest BCUT2D eigenvalue weighted by Crippen LogP contribution is 2.27. The van der Waals surface area contributed by atoms with Crippen LogP contribution in [-0.4, -0.2) is 9.55 Å². The molecule has 2 heteroatoms. The van der Waals surface area contributed by atoms with Crippen LogP contribution >= 0.6 is 0 Å². The van der Waals surface area contributed by atoms with Crippen molar-refractivity contribution in [3.8, 4) is 0 Å². The molecule has 0 spiro atoms. The number of hydrogen-bond acceptors (Lipinski definition) is 1. The van der Waals surface area contributed by atoms with Crippen LogP contribution in [0.1, 0.15) is 42.3 Å². The van der Waals surface area contributed by atoms with Gasteiger partial charge in [0.25, 0.3) is 0 Å². The van der Waals surface area contributed by atoms with Crippen molar-refractivity contribution in [3.63, 3.8) is 0 Å². The molecule has 2 rings (SSSR count). The highest BCUT2D eigenvalue weighted by molar-refractivity contribution is 5.38. The lowest BCUT2D eigenvalue weighted by Crippen LogP contribution is -2.08. The van der Waals surface area contributed by atoms with Gasteiger partial charge in [0.15, 0.2) is 0 Å². The van der Waals surface area contributed by atoms with Gasteiger partial charge in [0.05, 0.1) is 0 Å². The van der Waals surface area contributed by atoms with Gasteiger partial charge in [-0.15, -0.1) is 0 Å². The average Bonchev–Trinajstić information content (AvgIpc) is 2.80. The summed E-state index contributed by atoms with van der Waals surface area (Å²) in [6.07, 6.45) is 3.94. The lowest BCUT2D eigenvalue weighted by molar-refractivity contribution is 0.667. The molecule has 0 aliphatic rings. The Balaban J connectivity index is 2.44. The Labute approximate surface area is 103 Å². The van der Waals surface area contributed by atoms with Crippen molar-refractivity contribution in [2.45, 2.75) is 40.2 Å². The van der Waals surface area contributed by atoms with E-state index in [0.29, 0.717) is 5.92 Å². The van der Waals surface area contributed by atoms with Crippen molar-refractivity contribution in [1.82, 2.24) is 9.55 Å². The molecule has 0 unspecified atom stereocenters. The molecule has 0 aliphatic carbocycles. The van der Waals surface area contributed by atoms with Crippen molar-refractivity contribution in [2.75, 3.05) is 0 Å². The molecule has 2 nitrogen and oxygen atoms in total. The second kappa shape index (κ2) is 4.74. The van der Waals surface area contributed by atoms with E-state index >= 15 is 0 Å². The van der Waals surface area contributed by atoms with E-state index in [4.69, 9.17) is 0 Å². The SMILES string of the molecule is CCn1ccnc1[C@@H](C)c1cccc(C)c1C. The summed E-state index contributed by atoms with van der Waals surface area (Å²) in [5.74, 6) is 1.51. The van der Waals surface area contributed by atoms with Gasteiger partial charge >= 0.3 is 0 Å². The zero-order valence-corrected chi connectivity index (χ0v) is 11.1. The van der Waals surface area contributed by atoms with E-state index in [1.165, 1.54) is 16.7 Å². The third-order valence-electron chi connectivity index (χ3n) is 3.59. The zero-order chi connectivity index (χ0) is 12.4. The first kappa shape index (κ1) is 11.9. The summed E-state index contributed by atoms with van der Waals surface area (Å²) in [7, 11) is 0. The van der Waals surface area contributed by atoms with Gasteiger partial charge in [-0.05, 0) is 37.5 Å². The molecule has 0 aliphatic heterocycles. The molecule has 0 saturated carbocycles. The summed E-state index contributed by atoms with van der Waals surface area (Å²) < 4.78 is 2.21. The van der Waals surface area contributed by atoms with Gasteiger partial charge in [-0.3, -0.25) is 0 Å². The lowest BCUT2D eigenvalue weighted by Gasteiger charge is -2.17. The Morgan fingerprint density at radius 2 is 2.06 bits per heavy atom. The van der Waals surface area contributed by atoms with E-state index < -0.39 is 0 Å². The molecule has 0 fully saturated rings. The van der Waals surface area contributed by atoms with E-state index in [2.05, 4.69) is 61.6 Å².